The summed E-state index contributed by atoms with van der Waals surface area (Å²) in [5.74, 6) is 0.0864. The molecule has 2 fully saturated rings. The van der Waals surface area contributed by atoms with Gasteiger partial charge in [-0.05, 0) is 12.3 Å². The Morgan fingerprint density at radius 2 is 2.12 bits per heavy atom. The average molecular weight is 236 g/mol. The molecule has 0 spiro atoms. The monoisotopic (exact) mass is 236 g/mol. The number of hydrogen-bond acceptors (Lipinski definition) is 2. The third-order valence-corrected chi connectivity index (χ3v) is 3.39. The lowest BCUT2D eigenvalue weighted by atomic mass is 10.1. The molecule has 2 heterocycles. The van der Waals surface area contributed by atoms with Gasteiger partial charge in [0.15, 0.2) is 0 Å². The molecule has 0 aromatic carbocycles. The number of hydrogen-bond donors (Lipinski definition) is 1. The molecule has 0 radical (unpaired) electrons. The largest absolute Gasteiger partial charge is 0.389 e. The summed E-state index contributed by atoms with van der Waals surface area (Å²) in [6.45, 7) is 2.23. The van der Waals surface area contributed by atoms with Crippen molar-refractivity contribution < 1.29 is 18.0 Å². The number of rotatable bonds is 2. The summed E-state index contributed by atoms with van der Waals surface area (Å²) >= 11 is 0. The molecule has 2 saturated heterocycles. The predicted octanol–water partition coefficient (Wildman–Crippen LogP) is 1.15. The standard InChI is InChI=1S/C10H15F3N2O/c11-10(12,13)3-1-9(16)15-4-2-7-5-14-6-8(7)15/h7-8,14H,1-6H2/t7-,8+/m0/s1. The summed E-state index contributed by atoms with van der Waals surface area (Å²) < 4.78 is 36.0. The van der Waals surface area contributed by atoms with E-state index in [0.29, 0.717) is 12.5 Å². The highest BCUT2D eigenvalue weighted by Gasteiger charge is 2.40. The second kappa shape index (κ2) is 4.24. The first-order chi connectivity index (χ1) is 7.47. The number of nitrogens with zero attached hydrogens (tertiary/aromatic N) is 1. The molecular weight excluding hydrogens is 221 g/mol. The lowest BCUT2D eigenvalue weighted by Gasteiger charge is -2.23. The Hall–Kier alpha value is -0.780. The lowest BCUT2D eigenvalue weighted by Crippen LogP contribution is -2.39. The van der Waals surface area contributed by atoms with Crippen molar-refractivity contribution in [3.05, 3.63) is 0 Å². The zero-order valence-electron chi connectivity index (χ0n) is 8.89. The van der Waals surface area contributed by atoms with E-state index in [1.165, 1.54) is 0 Å². The van der Waals surface area contributed by atoms with Gasteiger partial charge in [0, 0.05) is 32.1 Å². The molecule has 1 N–H and O–H groups in total. The summed E-state index contributed by atoms with van der Waals surface area (Å²) in [6.07, 6.45) is -4.74. The quantitative estimate of drug-likeness (QED) is 0.780. The highest BCUT2D eigenvalue weighted by atomic mass is 19.4. The minimum absolute atomic E-state index is 0.126. The molecule has 0 aliphatic carbocycles. The summed E-state index contributed by atoms with van der Waals surface area (Å²) in [6, 6.07) is 0.126. The first-order valence-corrected chi connectivity index (χ1v) is 5.54. The average Bonchev–Trinajstić information content (AvgIpc) is 2.73. The molecular formula is C10H15F3N2O. The van der Waals surface area contributed by atoms with Crippen LogP contribution in [0.15, 0.2) is 0 Å². The molecule has 2 aliphatic heterocycles. The van der Waals surface area contributed by atoms with E-state index >= 15 is 0 Å². The maximum absolute atomic E-state index is 12.0. The molecule has 0 aromatic rings. The van der Waals surface area contributed by atoms with Gasteiger partial charge in [0.2, 0.25) is 5.91 Å². The topological polar surface area (TPSA) is 32.3 Å². The molecule has 0 aromatic heterocycles. The van der Waals surface area contributed by atoms with Gasteiger partial charge in [-0.1, -0.05) is 0 Å². The van der Waals surface area contributed by atoms with E-state index in [2.05, 4.69) is 5.32 Å². The maximum Gasteiger partial charge on any atom is 0.389 e. The smallest absolute Gasteiger partial charge is 0.338 e. The number of alkyl halides is 3. The van der Waals surface area contributed by atoms with Crippen molar-refractivity contribution in [1.29, 1.82) is 0 Å². The first kappa shape index (κ1) is 11.7. The molecule has 0 bridgehead atoms. The van der Waals surface area contributed by atoms with E-state index in [0.717, 1.165) is 19.5 Å². The van der Waals surface area contributed by atoms with Crippen LogP contribution in [0.4, 0.5) is 13.2 Å². The third-order valence-electron chi connectivity index (χ3n) is 3.39. The van der Waals surface area contributed by atoms with Gasteiger partial charge in [0.05, 0.1) is 6.42 Å². The number of halogens is 3. The number of carbonyl (C=O) groups excluding carboxylic acids is 1. The van der Waals surface area contributed by atoms with Gasteiger partial charge < -0.3 is 10.2 Å². The Labute approximate surface area is 92.0 Å². The van der Waals surface area contributed by atoms with E-state index < -0.39 is 19.0 Å². The van der Waals surface area contributed by atoms with Crippen LogP contribution in [0.1, 0.15) is 19.3 Å². The van der Waals surface area contributed by atoms with Gasteiger partial charge >= 0.3 is 6.18 Å². The lowest BCUT2D eigenvalue weighted by molar-refractivity contribution is -0.149. The van der Waals surface area contributed by atoms with Crippen molar-refractivity contribution in [1.82, 2.24) is 10.2 Å². The summed E-state index contributed by atoms with van der Waals surface area (Å²) in [4.78, 5) is 13.3. The molecule has 1 amide bonds. The third kappa shape index (κ3) is 2.48. The molecule has 3 nitrogen and oxygen atoms in total. The number of likely N-dealkylation sites (tertiary alicyclic amines) is 1. The van der Waals surface area contributed by atoms with Gasteiger partial charge in [-0.15, -0.1) is 0 Å². The second-order valence-electron chi connectivity index (χ2n) is 4.48. The van der Waals surface area contributed by atoms with Crippen LogP contribution in [-0.2, 0) is 4.79 Å². The number of nitrogens with one attached hydrogen (secondary N) is 1. The van der Waals surface area contributed by atoms with E-state index in [9.17, 15) is 18.0 Å². The van der Waals surface area contributed by atoms with E-state index in [1.807, 2.05) is 0 Å². The van der Waals surface area contributed by atoms with Crippen LogP contribution < -0.4 is 5.32 Å². The predicted molar refractivity (Wildman–Crippen MR) is 51.8 cm³/mol. The van der Waals surface area contributed by atoms with Crippen molar-refractivity contribution >= 4 is 5.91 Å². The van der Waals surface area contributed by atoms with Gasteiger partial charge in [-0.25, -0.2) is 0 Å². The number of carbonyl (C=O) groups is 1. The van der Waals surface area contributed by atoms with Gasteiger partial charge in [-0.3, -0.25) is 4.79 Å². The van der Waals surface area contributed by atoms with Crippen LogP contribution in [-0.4, -0.2) is 42.7 Å². The Morgan fingerprint density at radius 3 is 2.81 bits per heavy atom. The molecule has 2 aliphatic rings. The summed E-state index contributed by atoms with van der Waals surface area (Å²) in [5, 5.41) is 3.17. The Kier molecular flexibility index (Phi) is 3.10. The highest BCUT2D eigenvalue weighted by Crippen LogP contribution is 2.29. The van der Waals surface area contributed by atoms with Gasteiger partial charge in [0.1, 0.15) is 0 Å². The maximum atomic E-state index is 12.0. The van der Waals surface area contributed by atoms with Crippen LogP contribution >= 0.6 is 0 Å². The minimum atomic E-state index is -4.23. The Balaban J connectivity index is 1.86. The fourth-order valence-electron chi connectivity index (χ4n) is 2.55. The van der Waals surface area contributed by atoms with Crippen LogP contribution in [0.25, 0.3) is 0 Å². The zero-order chi connectivity index (χ0) is 11.8. The SMILES string of the molecule is O=C(CCC(F)(F)F)N1CC[C@H]2CNC[C@H]21. The van der Waals surface area contributed by atoms with E-state index in [1.54, 1.807) is 4.90 Å². The van der Waals surface area contributed by atoms with E-state index in [4.69, 9.17) is 0 Å². The Morgan fingerprint density at radius 1 is 1.38 bits per heavy atom. The summed E-state index contributed by atoms with van der Waals surface area (Å²) in [7, 11) is 0. The van der Waals surface area contributed by atoms with Crippen LogP contribution in [0.3, 0.4) is 0 Å². The van der Waals surface area contributed by atoms with Crippen molar-refractivity contribution in [3.63, 3.8) is 0 Å². The zero-order valence-corrected chi connectivity index (χ0v) is 8.89. The molecule has 0 saturated carbocycles. The van der Waals surface area contributed by atoms with Crippen molar-refractivity contribution in [2.24, 2.45) is 5.92 Å². The Bertz CT molecular complexity index is 280. The highest BCUT2D eigenvalue weighted by molar-refractivity contribution is 5.77. The molecule has 6 heteroatoms. The second-order valence-corrected chi connectivity index (χ2v) is 4.48. The van der Waals surface area contributed by atoms with Gasteiger partial charge in [-0.2, -0.15) is 13.2 Å². The fourth-order valence-corrected chi connectivity index (χ4v) is 2.55. The normalized spacial score (nSPS) is 29.6. The number of amides is 1. The van der Waals surface area contributed by atoms with Crippen molar-refractivity contribution in [3.8, 4) is 0 Å². The van der Waals surface area contributed by atoms with Crippen LogP contribution in [0, 0.1) is 5.92 Å². The number of fused-ring (bicyclic) bond motifs is 1. The summed E-state index contributed by atoms with van der Waals surface area (Å²) in [5.41, 5.74) is 0. The van der Waals surface area contributed by atoms with Crippen molar-refractivity contribution in [2.45, 2.75) is 31.5 Å². The van der Waals surface area contributed by atoms with Gasteiger partial charge in [0.25, 0.3) is 0 Å². The van der Waals surface area contributed by atoms with Crippen LogP contribution in [0.2, 0.25) is 0 Å². The fraction of sp³-hybridized carbons (Fsp3) is 0.900. The van der Waals surface area contributed by atoms with Crippen molar-refractivity contribution in [2.75, 3.05) is 19.6 Å². The van der Waals surface area contributed by atoms with Crippen LogP contribution in [0.5, 0.6) is 0 Å². The molecule has 92 valence electrons. The molecule has 2 rings (SSSR count). The minimum Gasteiger partial charge on any atom is -0.338 e. The molecule has 16 heavy (non-hydrogen) atoms. The first-order valence-electron chi connectivity index (χ1n) is 5.54. The van der Waals surface area contributed by atoms with E-state index in [-0.39, 0.29) is 11.9 Å². The molecule has 2 atom stereocenters. The molecule has 0 unspecified atom stereocenters.